The highest BCUT2D eigenvalue weighted by molar-refractivity contribution is 6.33. The van der Waals surface area contributed by atoms with Gasteiger partial charge in [0.2, 0.25) is 0 Å². The van der Waals surface area contributed by atoms with Crippen LogP contribution in [0.1, 0.15) is 0 Å². The molecule has 0 unspecified atom stereocenters. The monoisotopic (exact) mass is 252 g/mol. The first-order valence-corrected chi connectivity index (χ1v) is 5.32. The molecule has 0 aromatic heterocycles. The number of aromatic hydroxyl groups is 1. The SMILES string of the molecule is COc1ccc(Cl)c(-c2ccc(F)c(O)c2)c1. The summed E-state index contributed by atoms with van der Waals surface area (Å²) in [6.07, 6.45) is 0. The van der Waals surface area contributed by atoms with Crippen molar-refractivity contribution in [2.24, 2.45) is 0 Å². The lowest BCUT2D eigenvalue weighted by Crippen LogP contribution is -1.86. The molecule has 2 aromatic rings. The second-order valence-corrected chi connectivity index (χ2v) is 3.92. The molecular weight excluding hydrogens is 243 g/mol. The molecule has 1 N–H and O–H groups in total. The summed E-state index contributed by atoms with van der Waals surface area (Å²) < 4.78 is 18.0. The molecule has 0 aliphatic carbocycles. The Morgan fingerprint density at radius 3 is 2.59 bits per heavy atom. The molecule has 2 aromatic carbocycles. The van der Waals surface area contributed by atoms with Gasteiger partial charge < -0.3 is 9.84 Å². The minimum atomic E-state index is -0.659. The van der Waals surface area contributed by atoms with Crippen LogP contribution in [0.2, 0.25) is 5.02 Å². The molecule has 0 amide bonds. The first-order valence-electron chi connectivity index (χ1n) is 4.94. The Bertz CT molecular complexity index is 555. The molecule has 4 heteroatoms. The first-order chi connectivity index (χ1) is 8.11. The van der Waals surface area contributed by atoms with Crippen LogP contribution < -0.4 is 4.74 Å². The molecule has 0 spiro atoms. The van der Waals surface area contributed by atoms with Crippen LogP contribution in [-0.2, 0) is 0 Å². The van der Waals surface area contributed by atoms with Gasteiger partial charge in [-0.1, -0.05) is 17.7 Å². The van der Waals surface area contributed by atoms with E-state index in [9.17, 15) is 9.50 Å². The van der Waals surface area contributed by atoms with Crippen molar-refractivity contribution in [1.82, 2.24) is 0 Å². The van der Waals surface area contributed by atoms with Gasteiger partial charge in [0.15, 0.2) is 11.6 Å². The van der Waals surface area contributed by atoms with E-state index < -0.39 is 11.6 Å². The third-order valence-corrected chi connectivity index (χ3v) is 2.76. The van der Waals surface area contributed by atoms with Crippen molar-refractivity contribution < 1.29 is 14.2 Å². The zero-order valence-corrected chi connectivity index (χ0v) is 9.83. The van der Waals surface area contributed by atoms with E-state index in [1.54, 1.807) is 31.4 Å². The van der Waals surface area contributed by atoms with Crippen LogP contribution >= 0.6 is 11.6 Å². The van der Waals surface area contributed by atoms with E-state index in [0.717, 1.165) is 0 Å². The van der Waals surface area contributed by atoms with Crippen molar-refractivity contribution in [3.63, 3.8) is 0 Å². The number of phenols is 1. The van der Waals surface area contributed by atoms with Crippen LogP contribution in [0.15, 0.2) is 36.4 Å². The molecule has 0 aliphatic rings. The highest BCUT2D eigenvalue weighted by Crippen LogP contribution is 2.33. The van der Waals surface area contributed by atoms with Gasteiger partial charge in [-0.15, -0.1) is 0 Å². The fourth-order valence-corrected chi connectivity index (χ4v) is 1.76. The molecule has 2 rings (SSSR count). The summed E-state index contributed by atoms with van der Waals surface area (Å²) in [5.74, 6) is -0.414. The van der Waals surface area contributed by atoms with Crippen LogP contribution in [0.3, 0.4) is 0 Å². The van der Waals surface area contributed by atoms with Crippen molar-refractivity contribution in [3.05, 3.63) is 47.2 Å². The van der Waals surface area contributed by atoms with Gasteiger partial charge in [0, 0.05) is 10.6 Å². The highest BCUT2D eigenvalue weighted by atomic mass is 35.5. The molecule has 2 nitrogen and oxygen atoms in total. The third kappa shape index (κ3) is 2.34. The van der Waals surface area contributed by atoms with E-state index in [-0.39, 0.29) is 0 Å². The Morgan fingerprint density at radius 1 is 1.18 bits per heavy atom. The van der Waals surface area contributed by atoms with Gasteiger partial charge in [0.25, 0.3) is 0 Å². The summed E-state index contributed by atoms with van der Waals surface area (Å²) in [5.41, 5.74) is 1.31. The second kappa shape index (κ2) is 4.63. The summed E-state index contributed by atoms with van der Waals surface area (Å²) in [6.45, 7) is 0. The Kier molecular flexibility index (Phi) is 3.20. The lowest BCUT2D eigenvalue weighted by Gasteiger charge is -2.08. The van der Waals surface area contributed by atoms with Gasteiger partial charge >= 0.3 is 0 Å². The topological polar surface area (TPSA) is 29.5 Å². The smallest absolute Gasteiger partial charge is 0.164 e. The fraction of sp³-hybridized carbons (Fsp3) is 0.0769. The zero-order chi connectivity index (χ0) is 12.4. The summed E-state index contributed by atoms with van der Waals surface area (Å²) in [6, 6.07) is 9.23. The van der Waals surface area contributed by atoms with Crippen molar-refractivity contribution >= 4 is 11.6 Å². The lowest BCUT2D eigenvalue weighted by atomic mass is 10.0. The second-order valence-electron chi connectivity index (χ2n) is 3.51. The van der Waals surface area contributed by atoms with Gasteiger partial charge in [0.1, 0.15) is 5.75 Å². The number of ether oxygens (including phenoxy) is 1. The first kappa shape index (κ1) is 11.7. The fourth-order valence-electron chi connectivity index (χ4n) is 1.53. The van der Waals surface area contributed by atoms with Crippen LogP contribution in [0.25, 0.3) is 11.1 Å². The predicted octanol–water partition coefficient (Wildman–Crippen LogP) is 3.86. The van der Waals surface area contributed by atoms with Gasteiger partial charge in [0.05, 0.1) is 7.11 Å². The number of halogens is 2. The van der Waals surface area contributed by atoms with Crippen molar-refractivity contribution in [2.45, 2.75) is 0 Å². The third-order valence-electron chi connectivity index (χ3n) is 2.43. The summed E-state index contributed by atoms with van der Waals surface area (Å²) in [7, 11) is 1.55. The quantitative estimate of drug-likeness (QED) is 0.879. The van der Waals surface area contributed by atoms with E-state index in [4.69, 9.17) is 16.3 Å². The Morgan fingerprint density at radius 2 is 1.94 bits per heavy atom. The van der Waals surface area contributed by atoms with Gasteiger partial charge in [-0.05, 0) is 35.9 Å². The van der Waals surface area contributed by atoms with Crippen molar-refractivity contribution in [2.75, 3.05) is 7.11 Å². The minimum absolute atomic E-state index is 0.401. The molecule has 0 fully saturated rings. The van der Waals surface area contributed by atoms with Crippen LogP contribution in [-0.4, -0.2) is 12.2 Å². The van der Waals surface area contributed by atoms with E-state index in [2.05, 4.69) is 0 Å². The maximum atomic E-state index is 13.0. The molecule has 0 saturated carbocycles. The molecule has 0 radical (unpaired) electrons. The Labute approximate surface area is 103 Å². The van der Waals surface area contributed by atoms with Crippen LogP contribution in [0, 0.1) is 5.82 Å². The van der Waals surface area contributed by atoms with Gasteiger partial charge in [-0.2, -0.15) is 0 Å². The average molecular weight is 253 g/mol. The minimum Gasteiger partial charge on any atom is -0.505 e. The maximum Gasteiger partial charge on any atom is 0.164 e. The number of hydrogen-bond acceptors (Lipinski definition) is 2. The maximum absolute atomic E-state index is 13.0. The highest BCUT2D eigenvalue weighted by Gasteiger charge is 2.08. The molecule has 0 atom stereocenters. The molecule has 0 saturated heterocycles. The number of phenolic OH excluding ortho intramolecular Hbond substituents is 1. The van der Waals surface area contributed by atoms with Gasteiger partial charge in [-0.3, -0.25) is 0 Å². The van der Waals surface area contributed by atoms with Crippen molar-refractivity contribution in [1.29, 1.82) is 0 Å². The zero-order valence-electron chi connectivity index (χ0n) is 9.08. The van der Waals surface area contributed by atoms with E-state index >= 15 is 0 Å². The molecular formula is C13H10ClFO2. The summed E-state index contributed by atoms with van der Waals surface area (Å²) >= 11 is 6.05. The van der Waals surface area contributed by atoms with E-state index in [1.807, 2.05) is 0 Å². The van der Waals surface area contributed by atoms with Crippen molar-refractivity contribution in [3.8, 4) is 22.6 Å². The lowest BCUT2D eigenvalue weighted by molar-refractivity contribution is 0.415. The molecule has 0 bridgehead atoms. The number of methoxy groups -OCH3 is 1. The predicted molar refractivity (Wildman–Crippen MR) is 65.1 cm³/mol. The Balaban J connectivity index is 2.55. The summed E-state index contributed by atoms with van der Waals surface area (Å²) in [4.78, 5) is 0. The van der Waals surface area contributed by atoms with E-state index in [1.165, 1.54) is 12.1 Å². The summed E-state index contributed by atoms with van der Waals surface area (Å²) in [5, 5.41) is 9.84. The molecule has 0 aliphatic heterocycles. The molecule has 88 valence electrons. The normalized spacial score (nSPS) is 10.3. The number of hydrogen-bond donors (Lipinski definition) is 1. The van der Waals surface area contributed by atoms with Crippen LogP contribution in [0.5, 0.6) is 11.5 Å². The van der Waals surface area contributed by atoms with E-state index in [0.29, 0.717) is 21.9 Å². The standard InChI is InChI=1S/C13H10ClFO2/c1-17-9-3-4-11(14)10(7-9)8-2-5-12(15)13(16)6-8/h2-7,16H,1H3. The molecule has 0 heterocycles. The van der Waals surface area contributed by atoms with Crippen LogP contribution in [0.4, 0.5) is 4.39 Å². The van der Waals surface area contributed by atoms with Gasteiger partial charge in [-0.25, -0.2) is 4.39 Å². The number of benzene rings is 2. The largest absolute Gasteiger partial charge is 0.505 e. The number of rotatable bonds is 2. The Hall–Kier alpha value is -1.74. The average Bonchev–Trinajstić information content (AvgIpc) is 2.33. The molecule has 17 heavy (non-hydrogen) atoms.